The van der Waals surface area contributed by atoms with Crippen molar-refractivity contribution in [1.29, 1.82) is 0 Å². The van der Waals surface area contributed by atoms with Crippen molar-refractivity contribution in [3.05, 3.63) is 107 Å². The molecule has 0 radical (unpaired) electrons. The quantitative estimate of drug-likeness (QED) is 0.328. The van der Waals surface area contributed by atoms with E-state index in [-0.39, 0.29) is 17.9 Å². The molecule has 1 amide bonds. The number of furan rings is 1. The number of aromatic amines is 1. The van der Waals surface area contributed by atoms with Crippen LogP contribution in [0.25, 0.3) is 21.9 Å². The van der Waals surface area contributed by atoms with E-state index in [0.29, 0.717) is 22.3 Å². The average molecular weight is 479 g/mol. The highest BCUT2D eigenvalue weighted by Crippen LogP contribution is 2.43. The number of ketones is 1. The number of carbonyl (C=O) groups is 2. The lowest BCUT2D eigenvalue weighted by Crippen LogP contribution is -2.30. The van der Waals surface area contributed by atoms with Crippen LogP contribution < -0.4 is 4.74 Å². The van der Waals surface area contributed by atoms with Crippen LogP contribution in [0, 0.1) is 0 Å². The summed E-state index contributed by atoms with van der Waals surface area (Å²) in [5.41, 5.74) is 2.71. The Morgan fingerprint density at radius 3 is 2.83 bits per heavy atom. The van der Waals surface area contributed by atoms with Crippen molar-refractivity contribution < 1.29 is 23.8 Å². The first-order chi connectivity index (χ1) is 17.6. The molecule has 2 N–H and O–H groups in total. The highest BCUT2D eigenvalue weighted by molar-refractivity contribution is 6.16. The predicted octanol–water partition coefficient (Wildman–Crippen LogP) is 5.10. The van der Waals surface area contributed by atoms with Gasteiger partial charge in [-0.3, -0.25) is 14.6 Å². The third-order valence-electron chi connectivity index (χ3n) is 6.49. The molecule has 0 bridgehead atoms. The number of nitrogens with zero attached hydrogens (tertiary/aromatic N) is 2. The highest BCUT2D eigenvalue weighted by atomic mass is 16.5. The molecule has 4 heterocycles. The van der Waals surface area contributed by atoms with Gasteiger partial charge in [-0.15, -0.1) is 0 Å². The molecule has 0 saturated heterocycles. The first-order valence-corrected chi connectivity index (χ1v) is 11.4. The number of aliphatic hydroxyl groups excluding tert-OH is 1. The maximum Gasteiger partial charge on any atom is 0.290 e. The maximum absolute atomic E-state index is 13.9. The van der Waals surface area contributed by atoms with E-state index in [2.05, 4.69) is 9.97 Å². The second-order valence-corrected chi connectivity index (χ2v) is 8.57. The smallest absolute Gasteiger partial charge is 0.290 e. The highest BCUT2D eigenvalue weighted by Gasteiger charge is 2.45. The van der Waals surface area contributed by atoms with Gasteiger partial charge in [-0.1, -0.05) is 36.4 Å². The Bertz CT molecular complexity index is 1660. The summed E-state index contributed by atoms with van der Waals surface area (Å²) in [6, 6.07) is 17.3. The number of pyridine rings is 1. The zero-order valence-corrected chi connectivity index (χ0v) is 19.3. The summed E-state index contributed by atoms with van der Waals surface area (Å²) < 4.78 is 11.2. The number of carbonyl (C=O) groups excluding carboxylic acids is 2. The Kier molecular flexibility index (Phi) is 5.07. The molecular weight excluding hydrogens is 458 g/mol. The summed E-state index contributed by atoms with van der Waals surface area (Å²) in [5, 5.41) is 12.6. The van der Waals surface area contributed by atoms with Crippen molar-refractivity contribution in [1.82, 2.24) is 14.9 Å². The minimum absolute atomic E-state index is 0.0110. The Morgan fingerprint density at radius 1 is 1.17 bits per heavy atom. The number of aliphatic hydroxyl groups is 1. The number of H-pyrrole nitrogens is 1. The first kappa shape index (κ1) is 21.7. The molecular formula is C28H21N3O5. The lowest BCUT2D eigenvalue weighted by Gasteiger charge is -2.26. The van der Waals surface area contributed by atoms with Crippen molar-refractivity contribution in [3.8, 4) is 5.75 Å². The summed E-state index contributed by atoms with van der Waals surface area (Å²) in [6.45, 7) is 0.158. The largest absolute Gasteiger partial charge is 0.503 e. The number of ether oxygens (including phenoxy) is 1. The lowest BCUT2D eigenvalue weighted by atomic mass is 9.94. The van der Waals surface area contributed by atoms with Gasteiger partial charge in [-0.05, 0) is 29.8 Å². The van der Waals surface area contributed by atoms with Gasteiger partial charge >= 0.3 is 0 Å². The molecule has 178 valence electrons. The number of hydrogen-bond acceptors (Lipinski definition) is 6. The van der Waals surface area contributed by atoms with Crippen LogP contribution in [0.2, 0.25) is 0 Å². The van der Waals surface area contributed by atoms with Gasteiger partial charge in [0.05, 0.1) is 18.7 Å². The zero-order valence-electron chi connectivity index (χ0n) is 19.3. The summed E-state index contributed by atoms with van der Waals surface area (Å²) in [7, 11) is 1.52. The van der Waals surface area contributed by atoms with Crippen LogP contribution in [0.5, 0.6) is 5.75 Å². The van der Waals surface area contributed by atoms with Crippen LogP contribution in [-0.4, -0.2) is 38.8 Å². The molecule has 0 fully saturated rings. The van der Waals surface area contributed by atoms with Gasteiger partial charge in [0.15, 0.2) is 22.9 Å². The van der Waals surface area contributed by atoms with Gasteiger partial charge in [0, 0.05) is 47.0 Å². The van der Waals surface area contributed by atoms with Crippen LogP contribution in [0.3, 0.4) is 0 Å². The van der Waals surface area contributed by atoms with Crippen LogP contribution in [0.1, 0.15) is 27.7 Å². The number of rotatable bonds is 6. The fraction of sp³-hybridized carbons (Fsp3) is 0.107. The number of nitrogens with one attached hydrogen (secondary N) is 1. The van der Waals surface area contributed by atoms with Crippen molar-refractivity contribution in [2.45, 2.75) is 12.6 Å². The van der Waals surface area contributed by atoms with Gasteiger partial charge < -0.3 is 24.1 Å². The van der Waals surface area contributed by atoms with Crippen molar-refractivity contribution >= 4 is 33.6 Å². The van der Waals surface area contributed by atoms with Crippen LogP contribution in [-0.2, 0) is 11.3 Å². The van der Waals surface area contributed by atoms with Gasteiger partial charge in [0.1, 0.15) is 0 Å². The molecule has 3 aromatic heterocycles. The molecule has 0 spiro atoms. The fourth-order valence-corrected chi connectivity index (χ4v) is 4.82. The van der Waals surface area contributed by atoms with Crippen molar-refractivity contribution in [2.24, 2.45) is 0 Å². The number of methoxy groups -OCH3 is 1. The van der Waals surface area contributed by atoms with E-state index in [1.165, 1.54) is 12.0 Å². The van der Waals surface area contributed by atoms with Gasteiger partial charge in [-0.25, -0.2) is 0 Å². The number of Topliss-reactive ketones (excluding diaryl/α,β-unsaturated/α-hetero) is 1. The minimum Gasteiger partial charge on any atom is -0.503 e. The molecule has 0 saturated carbocycles. The summed E-state index contributed by atoms with van der Waals surface area (Å²) in [4.78, 5) is 36.0. The molecule has 1 atom stereocenters. The maximum atomic E-state index is 13.9. The van der Waals surface area contributed by atoms with E-state index < -0.39 is 23.5 Å². The standard InChI is InChI=1S/C28H21N3O5/c1-35-21-10-4-7-17-12-22(36-27(17)21)25(32)23-24(19-14-30-20-9-3-2-8-18(19)20)31(28(34)26(23)33)15-16-6-5-11-29-13-16/h2-14,24,30,33H,15H2,1H3. The Hall–Kier alpha value is -4.85. The molecule has 5 aromatic rings. The predicted molar refractivity (Wildman–Crippen MR) is 133 cm³/mol. The van der Waals surface area contributed by atoms with E-state index >= 15 is 0 Å². The van der Waals surface area contributed by atoms with E-state index in [1.807, 2.05) is 30.3 Å². The second-order valence-electron chi connectivity index (χ2n) is 8.57. The summed E-state index contributed by atoms with van der Waals surface area (Å²) in [5.74, 6) is -1.30. The summed E-state index contributed by atoms with van der Waals surface area (Å²) in [6.07, 6.45) is 5.07. The molecule has 36 heavy (non-hydrogen) atoms. The fourth-order valence-electron chi connectivity index (χ4n) is 4.82. The van der Waals surface area contributed by atoms with Crippen LogP contribution in [0.4, 0.5) is 0 Å². The molecule has 8 nitrogen and oxygen atoms in total. The molecule has 6 rings (SSSR count). The third kappa shape index (κ3) is 3.34. The van der Waals surface area contributed by atoms with Gasteiger partial charge in [0.25, 0.3) is 5.91 Å². The number of para-hydroxylation sites is 2. The van der Waals surface area contributed by atoms with E-state index in [4.69, 9.17) is 9.15 Å². The molecule has 8 heteroatoms. The van der Waals surface area contributed by atoms with Crippen LogP contribution >= 0.6 is 0 Å². The van der Waals surface area contributed by atoms with Gasteiger partial charge in [-0.2, -0.15) is 0 Å². The molecule has 2 aromatic carbocycles. The summed E-state index contributed by atoms with van der Waals surface area (Å²) >= 11 is 0. The minimum atomic E-state index is -0.837. The van der Waals surface area contributed by atoms with Gasteiger partial charge in [0.2, 0.25) is 5.78 Å². The Morgan fingerprint density at radius 2 is 2.03 bits per heavy atom. The van der Waals surface area contributed by atoms with Crippen molar-refractivity contribution in [3.63, 3.8) is 0 Å². The normalized spacial score (nSPS) is 15.9. The number of hydrogen-bond donors (Lipinski definition) is 2. The molecule has 1 aliphatic heterocycles. The average Bonchev–Trinajstić information content (AvgIpc) is 3.60. The van der Waals surface area contributed by atoms with E-state index in [1.54, 1.807) is 48.9 Å². The Balaban J connectivity index is 1.50. The van der Waals surface area contributed by atoms with Crippen molar-refractivity contribution in [2.75, 3.05) is 7.11 Å². The molecule has 1 aliphatic rings. The van der Waals surface area contributed by atoms with E-state index in [0.717, 1.165) is 16.5 Å². The number of aromatic nitrogens is 2. The Labute approximate surface area is 205 Å². The number of amides is 1. The first-order valence-electron chi connectivity index (χ1n) is 11.4. The lowest BCUT2D eigenvalue weighted by molar-refractivity contribution is -0.130. The zero-order chi connectivity index (χ0) is 24.8. The third-order valence-corrected chi connectivity index (χ3v) is 6.49. The monoisotopic (exact) mass is 479 g/mol. The SMILES string of the molecule is COc1cccc2cc(C(=O)C3=C(O)C(=O)N(Cc4cccnc4)C3c3c[nH]c4ccccc34)oc12. The topological polar surface area (TPSA) is 109 Å². The second kappa shape index (κ2) is 8.42. The molecule has 0 aliphatic carbocycles. The van der Waals surface area contributed by atoms with Crippen LogP contribution in [0.15, 0.2) is 95.0 Å². The number of fused-ring (bicyclic) bond motifs is 2. The number of benzene rings is 2. The van der Waals surface area contributed by atoms with E-state index in [9.17, 15) is 14.7 Å². The molecule has 1 unspecified atom stereocenters.